The molecule has 0 radical (unpaired) electrons. The van der Waals surface area contributed by atoms with E-state index in [2.05, 4.69) is 9.88 Å². The predicted octanol–water partition coefficient (Wildman–Crippen LogP) is 3.40. The van der Waals surface area contributed by atoms with Gasteiger partial charge in [0.1, 0.15) is 5.82 Å². The Labute approximate surface area is 171 Å². The van der Waals surface area contributed by atoms with Crippen LogP contribution in [0.4, 0.5) is 5.82 Å². The smallest absolute Gasteiger partial charge is 0.308 e. The van der Waals surface area contributed by atoms with Crippen LogP contribution in [0.2, 0.25) is 0 Å². The molecule has 2 fully saturated rings. The second kappa shape index (κ2) is 8.64. The quantitative estimate of drug-likeness (QED) is 0.862. The largest absolute Gasteiger partial charge is 0.481 e. The van der Waals surface area contributed by atoms with Gasteiger partial charge in [-0.15, -0.1) is 0 Å². The Balaban J connectivity index is 1.48. The monoisotopic (exact) mass is 393 g/mol. The van der Waals surface area contributed by atoms with E-state index in [4.69, 9.17) is 0 Å². The first-order chi connectivity index (χ1) is 14.1. The van der Waals surface area contributed by atoms with Gasteiger partial charge in [-0.1, -0.05) is 43.2 Å². The van der Waals surface area contributed by atoms with Crippen molar-refractivity contribution >= 4 is 17.7 Å². The summed E-state index contributed by atoms with van der Waals surface area (Å²) in [5.41, 5.74) is 1.48. The number of carboxylic acids is 1. The van der Waals surface area contributed by atoms with E-state index < -0.39 is 11.9 Å². The number of likely N-dealkylation sites (tertiary alicyclic amines) is 1. The summed E-state index contributed by atoms with van der Waals surface area (Å²) in [5.74, 6) is -0.878. The van der Waals surface area contributed by atoms with Crippen LogP contribution in [-0.2, 0) is 4.79 Å². The zero-order valence-corrected chi connectivity index (χ0v) is 16.5. The van der Waals surface area contributed by atoms with Gasteiger partial charge in [0.25, 0.3) is 5.91 Å². The van der Waals surface area contributed by atoms with Crippen molar-refractivity contribution < 1.29 is 14.7 Å². The standard InChI is InChI=1S/C23H27N3O3/c27-22(18-10-11-21(24-14-18)25-12-6-1-2-7-13-25)26-15-19(20(16-26)23(28)29)17-8-4-3-5-9-17/h3-5,8-11,14,19-20H,1-2,6-7,12-13,15-16H2,(H,28,29). The Morgan fingerprint density at radius 2 is 1.66 bits per heavy atom. The van der Waals surface area contributed by atoms with Crippen LogP contribution in [0.25, 0.3) is 0 Å². The van der Waals surface area contributed by atoms with Gasteiger partial charge in [0, 0.05) is 38.3 Å². The number of aliphatic carboxylic acids is 1. The number of rotatable bonds is 4. The molecular weight excluding hydrogens is 366 g/mol. The number of aromatic nitrogens is 1. The van der Waals surface area contributed by atoms with E-state index in [9.17, 15) is 14.7 Å². The lowest BCUT2D eigenvalue weighted by Crippen LogP contribution is -2.30. The van der Waals surface area contributed by atoms with Crippen LogP contribution in [0, 0.1) is 5.92 Å². The summed E-state index contributed by atoms with van der Waals surface area (Å²) in [6, 6.07) is 13.3. The molecule has 2 aliphatic rings. The molecule has 2 atom stereocenters. The average molecular weight is 393 g/mol. The third-order valence-electron chi connectivity index (χ3n) is 6.08. The predicted molar refractivity (Wildman–Crippen MR) is 111 cm³/mol. The van der Waals surface area contributed by atoms with Gasteiger partial charge in [0.2, 0.25) is 0 Å². The van der Waals surface area contributed by atoms with Crippen molar-refractivity contribution in [1.29, 1.82) is 0 Å². The van der Waals surface area contributed by atoms with Crippen LogP contribution in [0.1, 0.15) is 47.5 Å². The maximum Gasteiger partial charge on any atom is 0.308 e. The molecule has 1 aromatic heterocycles. The topological polar surface area (TPSA) is 73.7 Å². The zero-order chi connectivity index (χ0) is 20.2. The summed E-state index contributed by atoms with van der Waals surface area (Å²) < 4.78 is 0. The highest BCUT2D eigenvalue weighted by Gasteiger charge is 2.40. The van der Waals surface area contributed by atoms with Crippen molar-refractivity contribution in [2.45, 2.75) is 31.6 Å². The van der Waals surface area contributed by atoms with Crippen molar-refractivity contribution in [2.24, 2.45) is 5.92 Å². The van der Waals surface area contributed by atoms with Crippen molar-refractivity contribution in [3.05, 3.63) is 59.8 Å². The molecule has 0 spiro atoms. The third kappa shape index (κ3) is 4.26. The molecule has 0 saturated carbocycles. The molecule has 2 aromatic rings. The fourth-order valence-electron chi connectivity index (χ4n) is 4.44. The summed E-state index contributed by atoms with van der Waals surface area (Å²) in [7, 11) is 0. The fraction of sp³-hybridized carbons (Fsp3) is 0.435. The van der Waals surface area contributed by atoms with Gasteiger partial charge in [-0.25, -0.2) is 4.98 Å². The number of carbonyl (C=O) groups excluding carboxylic acids is 1. The van der Waals surface area contributed by atoms with Crippen LogP contribution in [0.3, 0.4) is 0 Å². The van der Waals surface area contributed by atoms with E-state index in [0.717, 1.165) is 24.5 Å². The normalized spacial score (nSPS) is 22.3. The Bertz CT molecular complexity index is 845. The summed E-state index contributed by atoms with van der Waals surface area (Å²) in [4.78, 5) is 33.3. The zero-order valence-electron chi connectivity index (χ0n) is 16.5. The Morgan fingerprint density at radius 3 is 2.28 bits per heavy atom. The number of anilines is 1. The highest BCUT2D eigenvalue weighted by atomic mass is 16.4. The lowest BCUT2D eigenvalue weighted by atomic mass is 9.89. The van der Waals surface area contributed by atoms with Gasteiger partial charge in [0.05, 0.1) is 11.5 Å². The van der Waals surface area contributed by atoms with Crippen molar-refractivity contribution in [2.75, 3.05) is 31.1 Å². The van der Waals surface area contributed by atoms with Gasteiger partial charge in [-0.05, 0) is 30.5 Å². The maximum atomic E-state index is 13.0. The van der Waals surface area contributed by atoms with E-state index in [1.165, 1.54) is 25.7 Å². The first kappa shape index (κ1) is 19.4. The van der Waals surface area contributed by atoms with Crippen molar-refractivity contribution in [1.82, 2.24) is 9.88 Å². The van der Waals surface area contributed by atoms with Gasteiger partial charge in [-0.3, -0.25) is 9.59 Å². The maximum absolute atomic E-state index is 13.0. The highest BCUT2D eigenvalue weighted by molar-refractivity contribution is 5.95. The van der Waals surface area contributed by atoms with Crippen LogP contribution in [0.15, 0.2) is 48.7 Å². The average Bonchev–Trinajstić information content (AvgIpc) is 3.03. The molecule has 4 rings (SSSR count). The van der Waals surface area contributed by atoms with Crippen LogP contribution in [0.5, 0.6) is 0 Å². The molecule has 1 N–H and O–H groups in total. The molecule has 2 aliphatic heterocycles. The second-order valence-corrected chi connectivity index (χ2v) is 7.98. The first-order valence-electron chi connectivity index (χ1n) is 10.4. The van der Waals surface area contributed by atoms with Gasteiger partial charge in [0.15, 0.2) is 0 Å². The minimum Gasteiger partial charge on any atom is -0.481 e. The summed E-state index contributed by atoms with van der Waals surface area (Å²) in [6.45, 7) is 2.65. The summed E-state index contributed by atoms with van der Waals surface area (Å²) >= 11 is 0. The number of amides is 1. The van der Waals surface area contributed by atoms with Crippen molar-refractivity contribution in [3.63, 3.8) is 0 Å². The molecule has 1 amide bonds. The minimum absolute atomic E-state index is 0.149. The number of hydrogen-bond donors (Lipinski definition) is 1. The Kier molecular flexibility index (Phi) is 5.79. The molecule has 2 saturated heterocycles. The van der Waals surface area contributed by atoms with E-state index in [1.807, 2.05) is 42.5 Å². The van der Waals surface area contributed by atoms with Crippen LogP contribution >= 0.6 is 0 Å². The number of benzene rings is 1. The lowest BCUT2D eigenvalue weighted by Gasteiger charge is -2.22. The Hall–Kier alpha value is -2.89. The molecule has 6 heteroatoms. The van der Waals surface area contributed by atoms with Crippen LogP contribution in [-0.4, -0.2) is 53.0 Å². The van der Waals surface area contributed by atoms with E-state index in [1.54, 1.807) is 11.1 Å². The molecule has 6 nitrogen and oxygen atoms in total. The third-order valence-corrected chi connectivity index (χ3v) is 6.08. The highest BCUT2D eigenvalue weighted by Crippen LogP contribution is 2.33. The lowest BCUT2D eigenvalue weighted by molar-refractivity contribution is -0.141. The van der Waals surface area contributed by atoms with Crippen LogP contribution < -0.4 is 4.90 Å². The Morgan fingerprint density at radius 1 is 0.931 bits per heavy atom. The molecule has 152 valence electrons. The van der Waals surface area contributed by atoms with Gasteiger partial charge >= 0.3 is 5.97 Å². The molecule has 3 heterocycles. The second-order valence-electron chi connectivity index (χ2n) is 7.98. The van der Waals surface area contributed by atoms with E-state index in [0.29, 0.717) is 12.1 Å². The SMILES string of the molecule is O=C(O)C1CN(C(=O)c2ccc(N3CCCCCC3)nc2)CC1c1ccccc1. The van der Waals surface area contributed by atoms with Crippen molar-refractivity contribution in [3.8, 4) is 0 Å². The van der Waals surface area contributed by atoms with E-state index >= 15 is 0 Å². The minimum atomic E-state index is -0.858. The van der Waals surface area contributed by atoms with E-state index in [-0.39, 0.29) is 18.4 Å². The van der Waals surface area contributed by atoms with Gasteiger partial charge < -0.3 is 14.9 Å². The number of carboxylic acid groups (broad SMARTS) is 1. The molecule has 29 heavy (non-hydrogen) atoms. The molecule has 0 aliphatic carbocycles. The summed E-state index contributed by atoms with van der Waals surface area (Å²) in [5, 5.41) is 9.66. The van der Waals surface area contributed by atoms with Gasteiger partial charge in [-0.2, -0.15) is 0 Å². The number of nitrogens with zero attached hydrogens (tertiary/aromatic N) is 3. The number of pyridine rings is 1. The fourth-order valence-corrected chi connectivity index (χ4v) is 4.44. The summed E-state index contributed by atoms with van der Waals surface area (Å²) in [6.07, 6.45) is 6.50. The molecular formula is C23H27N3O3. The molecule has 2 unspecified atom stereocenters. The number of hydrogen-bond acceptors (Lipinski definition) is 4. The molecule has 1 aromatic carbocycles. The molecule has 0 bridgehead atoms. The number of carbonyl (C=O) groups is 2. The first-order valence-corrected chi connectivity index (χ1v) is 10.4.